The van der Waals surface area contributed by atoms with Gasteiger partial charge in [0, 0.05) is 0 Å². The van der Waals surface area contributed by atoms with Gasteiger partial charge in [-0.1, -0.05) is 0 Å². The summed E-state index contributed by atoms with van der Waals surface area (Å²) in [6.07, 6.45) is 0. The molecule has 0 fully saturated rings. The zero-order valence-corrected chi connectivity index (χ0v) is 8.18. The Morgan fingerprint density at radius 1 is 1.25 bits per heavy atom. The van der Waals surface area contributed by atoms with Crippen LogP contribution in [0.15, 0.2) is 24.3 Å². The molecule has 0 saturated heterocycles. The standard InChI is InChI=1S/C7H7.Sb.2H/c1-7-5-3-2-4-6-7;;;/h2-5H,1H3;;;. The molecule has 8 heavy (non-hydrogen) atoms. The fraction of sp³-hybridized carbons (Fsp3) is 0.143. The summed E-state index contributed by atoms with van der Waals surface area (Å²) >= 11 is 1.24. The van der Waals surface area contributed by atoms with Gasteiger partial charge >= 0.3 is 63.3 Å². The van der Waals surface area contributed by atoms with Crippen LogP contribution in [-0.4, -0.2) is 23.0 Å². The topological polar surface area (TPSA) is 0 Å². The quantitative estimate of drug-likeness (QED) is 0.544. The van der Waals surface area contributed by atoms with Crippen LogP contribution in [0, 0.1) is 6.92 Å². The maximum atomic E-state index is 2.18. The van der Waals surface area contributed by atoms with Crippen molar-refractivity contribution >= 4 is 26.5 Å². The molecule has 0 bridgehead atoms. The zero-order valence-electron chi connectivity index (χ0n) is 4.89. The summed E-state index contributed by atoms with van der Waals surface area (Å²) in [6.45, 7) is 2.15. The number of aryl methyl sites for hydroxylation is 1. The van der Waals surface area contributed by atoms with Gasteiger partial charge in [-0.25, -0.2) is 0 Å². The van der Waals surface area contributed by atoms with E-state index in [-0.39, 0.29) is 0 Å². The number of hydrogen-bond donors (Lipinski definition) is 0. The minimum atomic E-state index is 1.24. The van der Waals surface area contributed by atoms with Crippen molar-refractivity contribution in [3.05, 3.63) is 29.8 Å². The van der Waals surface area contributed by atoms with Crippen LogP contribution >= 0.6 is 0 Å². The van der Waals surface area contributed by atoms with Crippen LogP contribution in [0.3, 0.4) is 0 Å². The van der Waals surface area contributed by atoms with Crippen molar-refractivity contribution in [1.82, 2.24) is 0 Å². The first-order valence-electron chi connectivity index (χ1n) is 2.62. The Kier molecular flexibility index (Phi) is 1.96. The summed E-state index contributed by atoms with van der Waals surface area (Å²) in [5, 5.41) is 0. The van der Waals surface area contributed by atoms with Crippen LogP contribution in [0.5, 0.6) is 0 Å². The molecule has 0 aliphatic carbocycles. The van der Waals surface area contributed by atoms with E-state index in [9.17, 15) is 0 Å². The Hall–Kier alpha value is 0.0382. The van der Waals surface area contributed by atoms with Crippen molar-refractivity contribution in [2.24, 2.45) is 0 Å². The van der Waals surface area contributed by atoms with Gasteiger partial charge in [0.2, 0.25) is 0 Å². The summed E-state index contributed by atoms with van der Waals surface area (Å²) in [5.41, 5.74) is 1.43. The van der Waals surface area contributed by atoms with Crippen LogP contribution in [0.2, 0.25) is 0 Å². The van der Waals surface area contributed by atoms with Crippen LogP contribution in [0.1, 0.15) is 5.56 Å². The average molecular weight is 215 g/mol. The van der Waals surface area contributed by atoms with E-state index < -0.39 is 0 Å². The van der Waals surface area contributed by atoms with E-state index >= 15 is 0 Å². The van der Waals surface area contributed by atoms with Gasteiger partial charge in [-0.3, -0.25) is 0 Å². The summed E-state index contributed by atoms with van der Waals surface area (Å²) in [7, 11) is 0. The third kappa shape index (κ3) is 1.26. The fourth-order valence-corrected chi connectivity index (χ4v) is 1.18. The predicted octanol–water partition coefficient (Wildman–Crippen LogP) is 0.253. The van der Waals surface area contributed by atoms with Crippen molar-refractivity contribution in [3.63, 3.8) is 0 Å². The molecular formula is C7H9Sb. The van der Waals surface area contributed by atoms with E-state index in [0.717, 1.165) is 0 Å². The molecule has 0 heterocycles. The summed E-state index contributed by atoms with van der Waals surface area (Å²) < 4.78 is 1.50. The summed E-state index contributed by atoms with van der Waals surface area (Å²) in [4.78, 5) is 0. The van der Waals surface area contributed by atoms with Gasteiger partial charge in [-0.15, -0.1) is 0 Å². The van der Waals surface area contributed by atoms with Crippen molar-refractivity contribution < 1.29 is 0 Å². The molecule has 42 valence electrons. The first-order valence-corrected chi connectivity index (χ1v) is 4.26. The van der Waals surface area contributed by atoms with Gasteiger partial charge in [-0.05, 0) is 0 Å². The molecule has 0 unspecified atom stereocenters. The molecular weight excluding hydrogens is 206 g/mol. The first kappa shape index (κ1) is 6.16. The third-order valence-corrected chi connectivity index (χ3v) is 3.04. The molecule has 1 aromatic rings. The first-order chi connectivity index (χ1) is 3.80. The Morgan fingerprint density at radius 2 is 1.88 bits per heavy atom. The molecule has 0 spiro atoms. The molecule has 0 saturated carbocycles. The Balaban J connectivity index is 3.13. The zero-order chi connectivity index (χ0) is 5.98. The third-order valence-electron chi connectivity index (χ3n) is 1.19. The molecule has 1 heteroatoms. The molecule has 0 aliphatic rings. The molecule has 0 amide bonds. The average Bonchev–Trinajstić information content (AvgIpc) is 1.77. The summed E-state index contributed by atoms with van der Waals surface area (Å²) in [5.74, 6) is 0. The van der Waals surface area contributed by atoms with Crippen LogP contribution in [0.4, 0.5) is 0 Å². The van der Waals surface area contributed by atoms with E-state index in [4.69, 9.17) is 0 Å². The van der Waals surface area contributed by atoms with Gasteiger partial charge in [0.25, 0.3) is 0 Å². The van der Waals surface area contributed by atoms with E-state index in [1.54, 1.807) is 0 Å². The Labute approximate surface area is 63.4 Å². The summed E-state index contributed by atoms with van der Waals surface area (Å²) in [6, 6.07) is 8.50. The van der Waals surface area contributed by atoms with Gasteiger partial charge in [0.1, 0.15) is 0 Å². The monoisotopic (exact) mass is 214 g/mol. The van der Waals surface area contributed by atoms with E-state index in [2.05, 4.69) is 31.2 Å². The van der Waals surface area contributed by atoms with Crippen LogP contribution in [0.25, 0.3) is 0 Å². The molecule has 0 radical (unpaired) electrons. The van der Waals surface area contributed by atoms with E-state index in [0.29, 0.717) is 0 Å². The second kappa shape index (κ2) is 2.55. The number of rotatable bonds is 0. The van der Waals surface area contributed by atoms with E-state index in [1.807, 2.05) is 0 Å². The minimum absolute atomic E-state index is 1.24. The Morgan fingerprint density at radius 3 is 2.25 bits per heavy atom. The second-order valence-electron chi connectivity index (χ2n) is 1.86. The van der Waals surface area contributed by atoms with Crippen molar-refractivity contribution in [2.75, 3.05) is 0 Å². The molecule has 0 N–H and O–H groups in total. The molecule has 0 nitrogen and oxygen atoms in total. The van der Waals surface area contributed by atoms with Crippen molar-refractivity contribution in [2.45, 2.75) is 6.92 Å². The van der Waals surface area contributed by atoms with Crippen LogP contribution < -0.4 is 3.51 Å². The van der Waals surface area contributed by atoms with Crippen molar-refractivity contribution in [1.29, 1.82) is 0 Å². The van der Waals surface area contributed by atoms with Gasteiger partial charge in [-0.2, -0.15) is 0 Å². The predicted molar refractivity (Wildman–Crippen MR) is 39.4 cm³/mol. The molecule has 1 aromatic carbocycles. The van der Waals surface area contributed by atoms with Gasteiger partial charge in [0.15, 0.2) is 0 Å². The SMILES string of the molecule is Cc1cccc[c]1[SbH2]. The molecule has 0 atom stereocenters. The van der Waals surface area contributed by atoms with Crippen molar-refractivity contribution in [3.8, 4) is 0 Å². The van der Waals surface area contributed by atoms with Gasteiger partial charge < -0.3 is 0 Å². The molecule has 1 rings (SSSR count). The Bertz CT molecular complexity index is 160. The fourth-order valence-electron chi connectivity index (χ4n) is 0.587. The second-order valence-corrected chi connectivity index (χ2v) is 3.63. The molecule has 0 aromatic heterocycles. The van der Waals surface area contributed by atoms with E-state index in [1.165, 1.54) is 32.1 Å². The maximum absolute atomic E-state index is 2.18. The van der Waals surface area contributed by atoms with Gasteiger partial charge in [0.05, 0.1) is 0 Å². The number of benzene rings is 1. The number of hydrogen-bond acceptors (Lipinski definition) is 0. The molecule has 0 aliphatic heterocycles. The van der Waals surface area contributed by atoms with Crippen LogP contribution in [-0.2, 0) is 0 Å². The normalized spacial score (nSPS) is 9.25.